The summed E-state index contributed by atoms with van der Waals surface area (Å²) >= 11 is 0. The van der Waals surface area contributed by atoms with Crippen LogP contribution in [0.15, 0.2) is 5.16 Å². The largest absolute Gasteiger partial charge is 0.467 e. The first-order chi connectivity index (χ1) is 12.5. The monoisotopic (exact) mass is 408 g/mol. The standard InChI is InChI=1S/C16H29N2O8P/c1-7-23-27(21,24-8-2)13-10-11(26-18-13)9-12(14(19)22-6)17-15(20)25-16(3,4)5/h11-12H,7-10H2,1-6H3,(H,17,20)/t11-,12-/m1/s1. The summed E-state index contributed by atoms with van der Waals surface area (Å²) in [7, 11) is -2.33. The van der Waals surface area contributed by atoms with Crippen LogP contribution < -0.4 is 5.32 Å². The van der Waals surface area contributed by atoms with Crippen LogP contribution >= 0.6 is 7.60 Å². The molecular weight excluding hydrogens is 379 g/mol. The van der Waals surface area contributed by atoms with E-state index in [4.69, 9.17) is 23.4 Å². The first-order valence-electron chi connectivity index (χ1n) is 8.74. The third-order valence-corrected chi connectivity index (χ3v) is 5.40. The van der Waals surface area contributed by atoms with Crippen molar-refractivity contribution in [2.45, 2.75) is 65.2 Å². The molecule has 156 valence electrons. The zero-order chi connectivity index (χ0) is 20.7. The molecule has 0 unspecified atom stereocenters. The zero-order valence-electron chi connectivity index (χ0n) is 16.6. The Kier molecular flexibility index (Phi) is 8.71. The van der Waals surface area contributed by atoms with Crippen LogP contribution in [0.3, 0.4) is 0 Å². The summed E-state index contributed by atoms with van der Waals surface area (Å²) in [6.07, 6.45) is -1.17. The van der Waals surface area contributed by atoms with Crippen LogP contribution in [0, 0.1) is 0 Å². The summed E-state index contributed by atoms with van der Waals surface area (Å²) < 4.78 is 33.1. The molecule has 0 bridgehead atoms. The number of methoxy groups -OCH3 is 1. The van der Waals surface area contributed by atoms with E-state index in [-0.39, 0.29) is 31.5 Å². The first kappa shape index (κ1) is 23.4. The zero-order valence-corrected chi connectivity index (χ0v) is 17.5. The van der Waals surface area contributed by atoms with Crippen LogP contribution in [-0.4, -0.2) is 55.6 Å². The fraction of sp³-hybridized carbons (Fsp3) is 0.812. The summed E-state index contributed by atoms with van der Waals surface area (Å²) in [5, 5.41) is 6.27. The van der Waals surface area contributed by atoms with Crippen LogP contribution in [0.2, 0.25) is 0 Å². The molecule has 11 heteroatoms. The average Bonchev–Trinajstić information content (AvgIpc) is 3.01. The first-order valence-corrected chi connectivity index (χ1v) is 10.3. The molecule has 0 saturated carbocycles. The van der Waals surface area contributed by atoms with Gasteiger partial charge in [-0.05, 0) is 34.6 Å². The molecule has 0 spiro atoms. The van der Waals surface area contributed by atoms with Crippen LogP contribution in [0.4, 0.5) is 4.79 Å². The number of carbonyl (C=O) groups excluding carboxylic acids is 2. The summed E-state index contributed by atoms with van der Waals surface area (Å²) in [6.45, 7) is 8.88. The molecule has 0 radical (unpaired) electrons. The topological polar surface area (TPSA) is 122 Å². The Bertz CT molecular complexity index is 592. The molecular formula is C16H29N2O8P. The highest BCUT2D eigenvalue weighted by Gasteiger charge is 2.40. The lowest BCUT2D eigenvalue weighted by Gasteiger charge is -2.23. The number of hydrogen-bond acceptors (Lipinski definition) is 9. The molecule has 1 amide bonds. The molecule has 0 aliphatic carbocycles. The quantitative estimate of drug-likeness (QED) is 0.456. The van der Waals surface area contributed by atoms with Gasteiger partial charge in [0, 0.05) is 12.8 Å². The molecule has 0 aromatic rings. The number of hydrogen-bond donors (Lipinski definition) is 1. The van der Waals surface area contributed by atoms with E-state index in [0.717, 1.165) is 0 Å². The second-order valence-electron chi connectivity index (χ2n) is 6.73. The van der Waals surface area contributed by atoms with E-state index in [0.29, 0.717) is 0 Å². The lowest BCUT2D eigenvalue weighted by atomic mass is 10.1. The maximum atomic E-state index is 12.7. The summed E-state index contributed by atoms with van der Waals surface area (Å²) in [5.74, 6) is -0.657. The van der Waals surface area contributed by atoms with Crippen molar-refractivity contribution < 1.29 is 37.5 Å². The number of oxime groups is 1. The Morgan fingerprint density at radius 3 is 2.37 bits per heavy atom. The van der Waals surface area contributed by atoms with Crippen LogP contribution in [0.25, 0.3) is 0 Å². The number of carbonyl (C=O) groups is 2. The molecule has 0 saturated heterocycles. The molecule has 27 heavy (non-hydrogen) atoms. The van der Waals surface area contributed by atoms with Gasteiger partial charge in [-0.25, -0.2) is 9.59 Å². The lowest BCUT2D eigenvalue weighted by molar-refractivity contribution is -0.144. The maximum absolute atomic E-state index is 12.7. The van der Waals surface area contributed by atoms with Crippen molar-refractivity contribution in [2.75, 3.05) is 20.3 Å². The molecule has 1 heterocycles. The lowest BCUT2D eigenvalue weighted by Crippen LogP contribution is -2.45. The highest BCUT2D eigenvalue weighted by atomic mass is 31.2. The Hall–Kier alpha value is -1.64. The van der Waals surface area contributed by atoms with Crippen molar-refractivity contribution in [3.63, 3.8) is 0 Å². The third-order valence-electron chi connectivity index (χ3n) is 3.31. The van der Waals surface area contributed by atoms with Gasteiger partial charge in [-0.15, -0.1) is 0 Å². The van der Waals surface area contributed by atoms with Crippen molar-refractivity contribution in [1.29, 1.82) is 0 Å². The van der Waals surface area contributed by atoms with Crippen LogP contribution in [0.1, 0.15) is 47.5 Å². The molecule has 1 rings (SSSR count). The Morgan fingerprint density at radius 1 is 1.30 bits per heavy atom. The van der Waals surface area contributed by atoms with Crippen molar-refractivity contribution in [3.05, 3.63) is 0 Å². The van der Waals surface area contributed by atoms with E-state index in [1.54, 1.807) is 34.6 Å². The number of amides is 1. The molecule has 1 aliphatic heterocycles. The van der Waals surface area contributed by atoms with Gasteiger partial charge in [0.2, 0.25) is 0 Å². The molecule has 10 nitrogen and oxygen atoms in total. The molecule has 0 fully saturated rings. The average molecular weight is 408 g/mol. The van der Waals surface area contributed by atoms with Gasteiger partial charge in [-0.2, -0.15) is 0 Å². The number of ether oxygens (including phenoxy) is 2. The summed E-state index contributed by atoms with van der Waals surface area (Å²) in [4.78, 5) is 29.2. The predicted molar refractivity (Wildman–Crippen MR) is 97.6 cm³/mol. The predicted octanol–water partition coefficient (Wildman–Crippen LogP) is 2.81. The number of nitrogens with one attached hydrogen (secondary N) is 1. The van der Waals surface area contributed by atoms with Crippen LogP contribution in [-0.2, 0) is 32.7 Å². The van der Waals surface area contributed by atoms with E-state index in [1.165, 1.54) is 7.11 Å². The SMILES string of the molecule is CCOP(=O)(OCC)C1=NO[C@H](C[C@@H](NC(=O)OC(C)(C)C)C(=O)OC)C1. The van der Waals surface area contributed by atoms with Crippen molar-refractivity contribution in [1.82, 2.24) is 5.32 Å². The second-order valence-corrected chi connectivity index (χ2v) is 8.76. The second kappa shape index (κ2) is 10.1. The number of alkyl carbamates (subject to hydrolysis) is 1. The van der Waals surface area contributed by atoms with Crippen molar-refractivity contribution in [2.24, 2.45) is 5.16 Å². The molecule has 1 N–H and O–H groups in total. The van der Waals surface area contributed by atoms with Gasteiger partial charge in [0.1, 0.15) is 17.7 Å². The molecule has 2 atom stereocenters. The number of nitrogens with zero attached hydrogens (tertiary/aromatic N) is 1. The van der Waals surface area contributed by atoms with E-state index < -0.39 is 37.4 Å². The molecule has 0 aromatic carbocycles. The van der Waals surface area contributed by atoms with Gasteiger partial charge in [0.15, 0.2) is 5.45 Å². The smallest absolute Gasteiger partial charge is 0.408 e. The van der Waals surface area contributed by atoms with E-state index in [2.05, 4.69) is 10.5 Å². The Balaban J connectivity index is 2.75. The normalized spacial score (nSPS) is 18.3. The van der Waals surface area contributed by atoms with Gasteiger partial charge >= 0.3 is 19.7 Å². The minimum absolute atomic E-state index is 0.0527. The van der Waals surface area contributed by atoms with Crippen molar-refractivity contribution >= 4 is 25.1 Å². The van der Waals surface area contributed by atoms with Crippen molar-refractivity contribution in [3.8, 4) is 0 Å². The number of rotatable bonds is 9. The van der Waals surface area contributed by atoms with E-state index in [9.17, 15) is 14.2 Å². The van der Waals surface area contributed by atoms with Gasteiger partial charge in [-0.1, -0.05) is 5.16 Å². The van der Waals surface area contributed by atoms with Gasteiger partial charge in [0.25, 0.3) is 0 Å². The minimum atomic E-state index is -3.54. The Labute approximate surface area is 159 Å². The third kappa shape index (κ3) is 7.48. The van der Waals surface area contributed by atoms with E-state index in [1.807, 2.05) is 0 Å². The minimum Gasteiger partial charge on any atom is -0.467 e. The Morgan fingerprint density at radius 2 is 1.89 bits per heavy atom. The van der Waals surface area contributed by atoms with Gasteiger partial charge < -0.3 is 28.7 Å². The summed E-state index contributed by atoms with van der Waals surface area (Å²) in [6, 6.07) is -1.01. The summed E-state index contributed by atoms with van der Waals surface area (Å²) in [5.41, 5.74) is -0.566. The highest BCUT2D eigenvalue weighted by molar-refractivity contribution is 7.72. The fourth-order valence-electron chi connectivity index (χ4n) is 2.30. The van der Waals surface area contributed by atoms with Gasteiger partial charge in [-0.3, -0.25) is 4.57 Å². The fourth-order valence-corrected chi connectivity index (χ4v) is 3.92. The number of esters is 1. The van der Waals surface area contributed by atoms with E-state index >= 15 is 0 Å². The maximum Gasteiger partial charge on any atom is 0.408 e. The van der Waals surface area contributed by atoms with Crippen LogP contribution in [0.5, 0.6) is 0 Å². The highest BCUT2D eigenvalue weighted by Crippen LogP contribution is 2.52. The van der Waals surface area contributed by atoms with Gasteiger partial charge in [0.05, 0.1) is 20.3 Å². The molecule has 1 aliphatic rings. The molecule has 0 aromatic heterocycles.